The van der Waals surface area contributed by atoms with Crippen molar-refractivity contribution in [1.29, 1.82) is 0 Å². The van der Waals surface area contributed by atoms with Gasteiger partial charge >= 0.3 is 5.97 Å². The smallest absolute Gasteiger partial charge is 0.337 e. The number of aliphatic hydroxyl groups is 1. The number of halogens is 1. The first-order chi connectivity index (χ1) is 20.4. The molecule has 1 atom stereocenters. The molecule has 3 aromatic carbocycles. The molecule has 42 heavy (non-hydrogen) atoms. The first-order valence-corrected chi connectivity index (χ1v) is 13.9. The Labute approximate surface area is 248 Å². The molecule has 218 valence electrons. The number of ether oxygens (including phenoxy) is 3. The topological polar surface area (TPSA) is 122 Å². The second kappa shape index (κ2) is 13.5. The summed E-state index contributed by atoms with van der Waals surface area (Å²) < 4.78 is 16.0. The van der Waals surface area contributed by atoms with E-state index in [0.29, 0.717) is 72.0 Å². The van der Waals surface area contributed by atoms with E-state index >= 15 is 0 Å². The molecular weight excluding hydrogens is 560 g/mol. The minimum absolute atomic E-state index is 0.158. The minimum atomic E-state index is -1.16. The fourth-order valence-electron chi connectivity index (χ4n) is 4.58. The van der Waals surface area contributed by atoms with Gasteiger partial charge in [0.05, 0.1) is 24.6 Å². The fraction of sp³-hybridized carbons (Fsp3) is 0.258. The van der Waals surface area contributed by atoms with Crippen LogP contribution in [0.2, 0.25) is 5.02 Å². The summed E-state index contributed by atoms with van der Waals surface area (Å²) >= 11 is 6.07. The van der Waals surface area contributed by atoms with Gasteiger partial charge in [0.2, 0.25) is 11.9 Å². The first kappa shape index (κ1) is 29.1. The Morgan fingerprint density at radius 2 is 1.79 bits per heavy atom. The highest BCUT2D eigenvalue weighted by atomic mass is 35.5. The highest BCUT2D eigenvalue weighted by Gasteiger charge is 2.30. The van der Waals surface area contributed by atoms with Gasteiger partial charge in [0.25, 0.3) is 0 Å². The molecule has 1 unspecified atom stereocenters. The number of amides is 1. The molecule has 0 saturated carbocycles. The van der Waals surface area contributed by atoms with Gasteiger partial charge in [0.15, 0.2) is 6.23 Å². The van der Waals surface area contributed by atoms with Crippen LogP contribution in [0.3, 0.4) is 0 Å². The molecule has 2 aliphatic heterocycles. The quantitative estimate of drug-likeness (QED) is 0.317. The number of guanidine groups is 1. The predicted molar refractivity (Wildman–Crippen MR) is 158 cm³/mol. The number of anilines is 1. The lowest BCUT2D eigenvalue weighted by atomic mass is 9.99. The van der Waals surface area contributed by atoms with Crippen molar-refractivity contribution in [3.63, 3.8) is 0 Å². The number of aliphatic hydroxyl groups excluding tert-OH is 1. The van der Waals surface area contributed by atoms with Crippen LogP contribution in [0.1, 0.15) is 28.8 Å². The van der Waals surface area contributed by atoms with Gasteiger partial charge in [-0.25, -0.2) is 9.79 Å². The van der Waals surface area contributed by atoms with Gasteiger partial charge in [-0.1, -0.05) is 29.8 Å². The Hall–Kier alpha value is -4.38. The van der Waals surface area contributed by atoms with Crippen molar-refractivity contribution in [2.24, 2.45) is 10.9 Å². The van der Waals surface area contributed by atoms with E-state index < -0.39 is 12.2 Å². The number of methoxy groups -OCH3 is 1. The van der Waals surface area contributed by atoms with Gasteiger partial charge in [-0.3, -0.25) is 4.79 Å². The van der Waals surface area contributed by atoms with Crippen molar-refractivity contribution in [2.45, 2.75) is 25.6 Å². The van der Waals surface area contributed by atoms with Gasteiger partial charge in [-0.2, -0.15) is 0 Å². The summed E-state index contributed by atoms with van der Waals surface area (Å²) in [5.41, 5.74) is 2.27. The van der Waals surface area contributed by atoms with Gasteiger partial charge in [-0.15, -0.1) is 0 Å². The van der Waals surface area contributed by atoms with Crippen LogP contribution in [-0.2, 0) is 20.8 Å². The molecule has 11 heteroatoms. The van der Waals surface area contributed by atoms with Gasteiger partial charge in [0.1, 0.15) is 11.5 Å². The van der Waals surface area contributed by atoms with Crippen LogP contribution in [0.5, 0.6) is 11.5 Å². The average molecular weight is 591 g/mol. The highest BCUT2D eigenvalue weighted by molar-refractivity contribution is 6.30. The lowest BCUT2D eigenvalue weighted by molar-refractivity contribution is -0.127. The third-order valence-corrected chi connectivity index (χ3v) is 7.15. The fourth-order valence-corrected chi connectivity index (χ4v) is 4.71. The summed E-state index contributed by atoms with van der Waals surface area (Å²) in [6.45, 7) is 1.38. The molecule has 2 aliphatic rings. The summed E-state index contributed by atoms with van der Waals surface area (Å²) in [5, 5.41) is 18.1. The number of rotatable bonds is 8. The third-order valence-electron chi connectivity index (χ3n) is 6.90. The number of hydrogen-bond acceptors (Lipinski definition) is 9. The molecule has 1 fully saturated rings. The van der Waals surface area contributed by atoms with Crippen LogP contribution >= 0.6 is 11.6 Å². The predicted octanol–water partition coefficient (Wildman–Crippen LogP) is 4.91. The summed E-state index contributed by atoms with van der Waals surface area (Å²) in [4.78, 5) is 30.9. The standard InChI is InChI=1S/C31H31ClN4O6/c1-40-30(39)22-3-2-4-26(17-22)42-25-11-9-24(10-12-25)34-31-33-18-27(35-28(37)21-13-15-41-16-14-21)29(38)36(31)19-20-5-7-23(32)8-6-20/h2-12,17-18,21,29,38H,13-16,19H2,1H3,(H,33,34)(H,35,37). The minimum Gasteiger partial charge on any atom is -0.465 e. The summed E-state index contributed by atoms with van der Waals surface area (Å²) in [6, 6.07) is 21.2. The van der Waals surface area contributed by atoms with Crippen LogP contribution in [0, 0.1) is 5.92 Å². The van der Waals surface area contributed by atoms with E-state index in [1.807, 2.05) is 12.1 Å². The summed E-state index contributed by atoms with van der Waals surface area (Å²) in [6.07, 6.45) is 1.58. The Bertz CT molecular complexity index is 1470. The molecule has 0 spiro atoms. The maximum atomic E-state index is 12.9. The van der Waals surface area contributed by atoms with Gasteiger partial charge in [0, 0.05) is 36.4 Å². The lowest BCUT2D eigenvalue weighted by Crippen LogP contribution is -2.50. The van der Waals surface area contributed by atoms with E-state index in [-0.39, 0.29) is 11.8 Å². The number of hydrogen-bond donors (Lipinski definition) is 3. The van der Waals surface area contributed by atoms with E-state index in [9.17, 15) is 14.7 Å². The van der Waals surface area contributed by atoms with Crippen LogP contribution in [0.25, 0.3) is 0 Å². The molecule has 10 nitrogen and oxygen atoms in total. The molecule has 0 radical (unpaired) electrons. The zero-order valence-electron chi connectivity index (χ0n) is 23.0. The van der Waals surface area contributed by atoms with Crippen LogP contribution in [-0.4, -0.2) is 54.4 Å². The highest BCUT2D eigenvalue weighted by Crippen LogP contribution is 2.26. The summed E-state index contributed by atoms with van der Waals surface area (Å²) in [5.74, 6) is 0.662. The molecule has 0 aromatic heterocycles. The molecule has 0 bridgehead atoms. The maximum Gasteiger partial charge on any atom is 0.337 e. The molecule has 0 aliphatic carbocycles. The van der Waals surface area contributed by atoms with E-state index in [2.05, 4.69) is 15.6 Å². The first-order valence-electron chi connectivity index (χ1n) is 13.5. The van der Waals surface area contributed by atoms with Crippen molar-refractivity contribution in [3.8, 4) is 11.5 Å². The number of nitrogens with one attached hydrogen (secondary N) is 2. The number of benzene rings is 3. The zero-order valence-corrected chi connectivity index (χ0v) is 23.7. The average Bonchev–Trinajstić information content (AvgIpc) is 3.02. The normalized spacial score (nSPS) is 17.1. The van der Waals surface area contributed by atoms with Gasteiger partial charge in [-0.05, 0) is 73.0 Å². The number of carbonyl (C=O) groups is 2. The van der Waals surface area contributed by atoms with Crippen LogP contribution in [0.4, 0.5) is 5.69 Å². The van der Waals surface area contributed by atoms with E-state index in [1.54, 1.807) is 65.6 Å². The number of nitrogens with zero attached hydrogens (tertiary/aromatic N) is 2. The Morgan fingerprint density at radius 1 is 1.05 bits per heavy atom. The second-order valence-electron chi connectivity index (χ2n) is 9.81. The molecule has 1 saturated heterocycles. The van der Waals surface area contributed by atoms with Gasteiger partial charge < -0.3 is 34.9 Å². The van der Waals surface area contributed by atoms with E-state index in [0.717, 1.165) is 5.56 Å². The lowest BCUT2D eigenvalue weighted by Gasteiger charge is -2.35. The second-order valence-corrected chi connectivity index (χ2v) is 10.2. The van der Waals surface area contributed by atoms with Crippen LogP contribution in [0.15, 0.2) is 89.7 Å². The van der Waals surface area contributed by atoms with Crippen molar-refractivity contribution >= 4 is 35.1 Å². The van der Waals surface area contributed by atoms with E-state index in [4.69, 9.17) is 25.8 Å². The Morgan fingerprint density at radius 3 is 2.50 bits per heavy atom. The van der Waals surface area contributed by atoms with Crippen LogP contribution < -0.4 is 15.4 Å². The van der Waals surface area contributed by atoms with Crippen molar-refractivity contribution in [3.05, 3.63) is 101 Å². The third kappa shape index (κ3) is 7.27. The zero-order chi connectivity index (χ0) is 29.5. The molecule has 3 aromatic rings. The number of aliphatic imine (C=N–C) groups is 1. The Kier molecular flexibility index (Phi) is 9.38. The Balaban J connectivity index is 1.32. The SMILES string of the molecule is COC(=O)c1cccc(Oc2ccc(NC3=NC=C(NC(=O)C4CCOCC4)C(O)N3Cc3ccc(Cl)cc3)cc2)c1. The number of carbonyl (C=O) groups excluding carboxylic acids is 2. The largest absolute Gasteiger partial charge is 0.465 e. The molecule has 2 heterocycles. The molecule has 5 rings (SSSR count). The monoisotopic (exact) mass is 590 g/mol. The summed E-state index contributed by atoms with van der Waals surface area (Å²) in [7, 11) is 1.33. The molecule has 3 N–H and O–H groups in total. The van der Waals surface area contributed by atoms with E-state index in [1.165, 1.54) is 13.3 Å². The van der Waals surface area contributed by atoms with Crippen molar-refractivity contribution in [2.75, 3.05) is 25.6 Å². The van der Waals surface area contributed by atoms with Crippen molar-refractivity contribution < 1.29 is 28.9 Å². The molecular formula is C31H31ClN4O6. The number of esters is 1. The van der Waals surface area contributed by atoms with Crippen molar-refractivity contribution in [1.82, 2.24) is 10.2 Å². The molecule has 1 amide bonds. The maximum absolute atomic E-state index is 12.9.